The molecule has 0 atom stereocenters. The topological polar surface area (TPSA) is 73.1 Å². The number of rotatable bonds is 7. The van der Waals surface area contributed by atoms with E-state index in [0.29, 0.717) is 13.0 Å². The molecule has 9 heteroatoms. The molecule has 1 aromatic rings. The second kappa shape index (κ2) is 6.39. The van der Waals surface area contributed by atoms with Gasteiger partial charge in [-0.1, -0.05) is 6.92 Å². The summed E-state index contributed by atoms with van der Waals surface area (Å²) in [5.41, 5.74) is 5.49. The van der Waals surface area contributed by atoms with Gasteiger partial charge in [-0.3, -0.25) is 0 Å². The Bertz CT molecular complexity index is 417. The molecule has 5 nitrogen and oxygen atoms in total. The van der Waals surface area contributed by atoms with Crippen LogP contribution in [0, 0.1) is 0 Å². The number of nitrogen functional groups attached to an aromatic ring is 1. The molecule has 0 saturated carbocycles. The third-order valence-electron chi connectivity index (χ3n) is 2.10. The van der Waals surface area contributed by atoms with Crippen molar-refractivity contribution in [3.8, 4) is 5.88 Å². The van der Waals surface area contributed by atoms with Crippen molar-refractivity contribution in [1.82, 2.24) is 9.97 Å². The summed E-state index contributed by atoms with van der Waals surface area (Å²) in [5, 5.41) is 2.07. The lowest BCUT2D eigenvalue weighted by molar-refractivity contribution is -0.117. The molecule has 0 aliphatic rings. The third-order valence-corrected chi connectivity index (χ3v) is 2.10. The van der Waals surface area contributed by atoms with Gasteiger partial charge in [0.05, 0.1) is 13.2 Å². The molecule has 0 aliphatic heterocycles. The van der Waals surface area contributed by atoms with Crippen LogP contribution in [0.5, 0.6) is 5.88 Å². The lowest BCUT2D eigenvalue weighted by Crippen LogP contribution is -2.35. The zero-order valence-electron chi connectivity index (χ0n) is 10.2. The minimum Gasteiger partial charge on any atom is -0.476 e. The Morgan fingerprint density at radius 2 is 2.11 bits per heavy atom. The SMILES string of the molecule is CCCOc1ncnc(NCC(F)(F)C(F)F)c1N. The van der Waals surface area contributed by atoms with Crippen LogP contribution < -0.4 is 15.8 Å². The first kappa shape index (κ1) is 15.3. The van der Waals surface area contributed by atoms with Crippen LogP contribution in [-0.4, -0.2) is 35.5 Å². The van der Waals surface area contributed by atoms with Gasteiger partial charge in [-0.15, -0.1) is 0 Å². The van der Waals surface area contributed by atoms with Crippen LogP contribution in [0.3, 0.4) is 0 Å². The second-order valence-corrected chi connectivity index (χ2v) is 3.70. The Morgan fingerprint density at radius 3 is 2.68 bits per heavy atom. The molecule has 0 fully saturated rings. The van der Waals surface area contributed by atoms with Crippen LogP contribution in [0.1, 0.15) is 13.3 Å². The van der Waals surface area contributed by atoms with Crippen LogP contribution in [0.2, 0.25) is 0 Å². The molecule has 0 unspecified atom stereocenters. The van der Waals surface area contributed by atoms with Crippen molar-refractivity contribution in [1.29, 1.82) is 0 Å². The van der Waals surface area contributed by atoms with Crippen molar-refractivity contribution in [2.75, 3.05) is 24.2 Å². The van der Waals surface area contributed by atoms with Crippen molar-refractivity contribution >= 4 is 11.5 Å². The summed E-state index contributed by atoms with van der Waals surface area (Å²) in [4.78, 5) is 7.33. The average molecular weight is 282 g/mol. The average Bonchev–Trinajstić information content (AvgIpc) is 2.36. The summed E-state index contributed by atoms with van der Waals surface area (Å²) in [6.07, 6.45) is -2.02. The van der Waals surface area contributed by atoms with Crippen molar-refractivity contribution in [2.45, 2.75) is 25.7 Å². The molecule has 19 heavy (non-hydrogen) atoms. The Balaban J connectivity index is 2.74. The summed E-state index contributed by atoms with van der Waals surface area (Å²) in [5.74, 6) is -4.30. The van der Waals surface area contributed by atoms with Crippen molar-refractivity contribution in [3.63, 3.8) is 0 Å². The van der Waals surface area contributed by atoms with Crippen LogP contribution in [0.15, 0.2) is 6.33 Å². The standard InChI is InChI=1S/C10H14F4N4O/c1-2-3-19-8-6(15)7(17-5-18-8)16-4-10(13,14)9(11)12/h5,9H,2-4,15H2,1H3,(H,16,17,18). The first-order valence-corrected chi connectivity index (χ1v) is 5.51. The van der Waals surface area contributed by atoms with E-state index in [9.17, 15) is 17.6 Å². The first-order valence-electron chi connectivity index (χ1n) is 5.51. The highest BCUT2D eigenvalue weighted by Crippen LogP contribution is 2.27. The molecular formula is C10H14F4N4O. The lowest BCUT2D eigenvalue weighted by Gasteiger charge is -2.17. The van der Waals surface area contributed by atoms with Crippen LogP contribution in [0.25, 0.3) is 0 Å². The van der Waals surface area contributed by atoms with E-state index in [0.717, 1.165) is 6.33 Å². The summed E-state index contributed by atoms with van der Waals surface area (Å²) < 4.78 is 54.6. The van der Waals surface area contributed by atoms with Gasteiger partial charge in [0.15, 0.2) is 5.82 Å². The van der Waals surface area contributed by atoms with Crippen molar-refractivity contribution in [2.24, 2.45) is 0 Å². The van der Waals surface area contributed by atoms with E-state index in [2.05, 4.69) is 15.3 Å². The number of aromatic nitrogens is 2. The maximum Gasteiger partial charge on any atom is 0.324 e. The molecule has 0 bridgehead atoms. The van der Waals surface area contributed by atoms with Gasteiger partial charge in [-0.05, 0) is 6.42 Å². The monoisotopic (exact) mass is 282 g/mol. The summed E-state index contributed by atoms with van der Waals surface area (Å²) >= 11 is 0. The van der Waals surface area contributed by atoms with Gasteiger partial charge < -0.3 is 15.8 Å². The van der Waals surface area contributed by atoms with E-state index in [1.807, 2.05) is 6.92 Å². The number of alkyl halides is 4. The fourth-order valence-corrected chi connectivity index (χ4v) is 1.11. The number of nitrogens with two attached hydrogens (primary N) is 1. The minimum absolute atomic E-state index is 0.0275. The molecule has 0 amide bonds. The van der Waals surface area contributed by atoms with Gasteiger partial charge in [0.2, 0.25) is 5.88 Å². The van der Waals surface area contributed by atoms with E-state index in [1.54, 1.807) is 0 Å². The fourth-order valence-electron chi connectivity index (χ4n) is 1.11. The number of ether oxygens (including phenoxy) is 1. The smallest absolute Gasteiger partial charge is 0.324 e. The molecular weight excluding hydrogens is 268 g/mol. The predicted molar refractivity (Wildman–Crippen MR) is 61.7 cm³/mol. The zero-order valence-corrected chi connectivity index (χ0v) is 10.2. The number of halogens is 4. The van der Waals surface area contributed by atoms with E-state index < -0.39 is 18.9 Å². The minimum atomic E-state index is -4.16. The molecule has 0 radical (unpaired) electrons. The van der Waals surface area contributed by atoms with Crippen LogP contribution in [0.4, 0.5) is 29.1 Å². The lowest BCUT2D eigenvalue weighted by atomic mass is 10.3. The maximum atomic E-state index is 12.7. The normalized spacial score (nSPS) is 11.7. The Labute approximate surface area is 107 Å². The van der Waals surface area contributed by atoms with E-state index in [1.165, 1.54) is 0 Å². The molecule has 1 heterocycles. The number of nitrogens with one attached hydrogen (secondary N) is 1. The number of hydrogen-bond donors (Lipinski definition) is 2. The molecule has 0 spiro atoms. The molecule has 1 rings (SSSR count). The van der Waals surface area contributed by atoms with E-state index in [-0.39, 0.29) is 17.4 Å². The molecule has 3 N–H and O–H groups in total. The summed E-state index contributed by atoms with van der Waals surface area (Å²) in [7, 11) is 0. The molecule has 0 saturated heterocycles. The fraction of sp³-hybridized carbons (Fsp3) is 0.600. The van der Waals surface area contributed by atoms with E-state index >= 15 is 0 Å². The molecule has 108 valence electrons. The molecule has 0 aliphatic carbocycles. The van der Waals surface area contributed by atoms with Gasteiger partial charge in [0.25, 0.3) is 0 Å². The van der Waals surface area contributed by atoms with E-state index in [4.69, 9.17) is 10.5 Å². The quantitative estimate of drug-likeness (QED) is 0.750. The second-order valence-electron chi connectivity index (χ2n) is 3.70. The first-order chi connectivity index (χ1) is 8.88. The predicted octanol–water partition coefficient (Wildman–Crippen LogP) is 2.16. The molecule has 1 aromatic heterocycles. The van der Waals surface area contributed by atoms with Gasteiger partial charge in [0.1, 0.15) is 12.0 Å². The van der Waals surface area contributed by atoms with Crippen molar-refractivity contribution < 1.29 is 22.3 Å². The van der Waals surface area contributed by atoms with Crippen LogP contribution >= 0.6 is 0 Å². The van der Waals surface area contributed by atoms with Crippen LogP contribution in [-0.2, 0) is 0 Å². The van der Waals surface area contributed by atoms with Gasteiger partial charge in [0, 0.05) is 0 Å². The Kier molecular flexibility index (Phi) is 5.13. The van der Waals surface area contributed by atoms with Gasteiger partial charge in [-0.25, -0.2) is 13.8 Å². The number of anilines is 2. The summed E-state index contributed by atoms with van der Waals surface area (Å²) in [6, 6.07) is 0. The van der Waals surface area contributed by atoms with Gasteiger partial charge >= 0.3 is 12.3 Å². The number of hydrogen-bond acceptors (Lipinski definition) is 5. The van der Waals surface area contributed by atoms with Gasteiger partial charge in [-0.2, -0.15) is 13.8 Å². The highest BCUT2D eigenvalue weighted by Gasteiger charge is 2.40. The maximum absolute atomic E-state index is 12.7. The molecule has 0 aromatic carbocycles. The summed E-state index contributed by atoms with van der Waals surface area (Å²) in [6.45, 7) is 0.923. The highest BCUT2D eigenvalue weighted by atomic mass is 19.3. The highest BCUT2D eigenvalue weighted by molar-refractivity contribution is 5.66. The number of nitrogens with zero attached hydrogens (tertiary/aromatic N) is 2. The third kappa shape index (κ3) is 4.11. The Morgan fingerprint density at radius 1 is 1.42 bits per heavy atom. The largest absolute Gasteiger partial charge is 0.476 e. The van der Waals surface area contributed by atoms with Crippen molar-refractivity contribution in [3.05, 3.63) is 6.33 Å². The zero-order chi connectivity index (χ0) is 14.5. The Hall–Kier alpha value is -1.80.